The molecule has 0 fully saturated rings. The predicted octanol–water partition coefficient (Wildman–Crippen LogP) is 4.01. The number of rotatable bonds is 9. The van der Waals surface area contributed by atoms with E-state index in [1.54, 1.807) is 0 Å². The fourth-order valence-corrected chi connectivity index (χ4v) is 3.32. The van der Waals surface area contributed by atoms with Crippen LogP contribution in [0, 0.1) is 0 Å². The number of nitrogens with one attached hydrogen (secondary N) is 1. The Hall–Kier alpha value is -0.650. The number of anilines is 1. The topological polar surface area (TPSA) is 41.3 Å². The highest BCUT2D eigenvalue weighted by atomic mass is 79.9. The van der Waals surface area contributed by atoms with Crippen molar-refractivity contribution < 1.29 is 0 Å². The van der Waals surface area contributed by atoms with E-state index in [-0.39, 0.29) is 0 Å². The number of thiocarbonyl (C=S) groups is 1. The average molecular weight is 372 g/mol. The van der Waals surface area contributed by atoms with Crippen molar-refractivity contribution in [2.24, 2.45) is 5.73 Å². The number of halogens is 1. The summed E-state index contributed by atoms with van der Waals surface area (Å²) in [4.78, 5) is 2.87. The maximum atomic E-state index is 5.82. The van der Waals surface area contributed by atoms with Crippen molar-refractivity contribution in [2.75, 3.05) is 25.0 Å². The third-order valence-corrected chi connectivity index (χ3v) is 4.53. The summed E-state index contributed by atoms with van der Waals surface area (Å²) in [5.74, 6) is 0. The molecule has 1 rings (SSSR count). The van der Waals surface area contributed by atoms with Gasteiger partial charge in [0.15, 0.2) is 0 Å². The summed E-state index contributed by atoms with van der Waals surface area (Å²) in [7, 11) is 0. The summed E-state index contributed by atoms with van der Waals surface area (Å²) < 4.78 is 0.940. The predicted molar refractivity (Wildman–Crippen MR) is 100 cm³/mol. The van der Waals surface area contributed by atoms with Gasteiger partial charge in [-0.05, 0) is 67.5 Å². The van der Waals surface area contributed by atoms with Gasteiger partial charge < -0.3 is 16.0 Å². The van der Waals surface area contributed by atoms with E-state index in [9.17, 15) is 0 Å². The first-order valence-corrected chi connectivity index (χ1v) is 8.76. The van der Waals surface area contributed by atoms with E-state index in [1.165, 1.54) is 6.42 Å². The second-order valence-electron chi connectivity index (χ2n) is 5.24. The Morgan fingerprint density at radius 1 is 1.38 bits per heavy atom. The summed E-state index contributed by atoms with van der Waals surface area (Å²) in [6.07, 6.45) is 2.31. The van der Waals surface area contributed by atoms with Crippen molar-refractivity contribution in [3.05, 3.63) is 28.2 Å². The first kappa shape index (κ1) is 18.4. The molecule has 118 valence electrons. The van der Waals surface area contributed by atoms with Crippen LogP contribution in [-0.4, -0.2) is 35.6 Å². The van der Waals surface area contributed by atoms with Crippen molar-refractivity contribution in [3.8, 4) is 0 Å². The lowest BCUT2D eigenvalue weighted by Gasteiger charge is -2.21. The van der Waals surface area contributed by atoms with Gasteiger partial charge in [-0.2, -0.15) is 0 Å². The van der Waals surface area contributed by atoms with Crippen LogP contribution in [0.25, 0.3) is 0 Å². The van der Waals surface area contributed by atoms with Gasteiger partial charge in [0.1, 0.15) is 4.99 Å². The lowest BCUT2D eigenvalue weighted by atomic mass is 10.1. The van der Waals surface area contributed by atoms with E-state index >= 15 is 0 Å². The molecule has 21 heavy (non-hydrogen) atoms. The van der Waals surface area contributed by atoms with Crippen LogP contribution in [-0.2, 0) is 0 Å². The molecule has 3 nitrogen and oxygen atoms in total. The van der Waals surface area contributed by atoms with E-state index in [1.807, 2.05) is 18.2 Å². The van der Waals surface area contributed by atoms with Crippen molar-refractivity contribution >= 4 is 38.8 Å². The molecular formula is C16H26BrN3S. The van der Waals surface area contributed by atoms with Crippen molar-refractivity contribution in [3.63, 3.8) is 0 Å². The highest BCUT2D eigenvalue weighted by molar-refractivity contribution is 9.10. The molecule has 5 heteroatoms. The van der Waals surface area contributed by atoms with Crippen molar-refractivity contribution in [1.82, 2.24) is 4.90 Å². The van der Waals surface area contributed by atoms with Crippen LogP contribution in [0.5, 0.6) is 0 Å². The molecule has 0 radical (unpaired) electrons. The maximum Gasteiger partial charge on any atom is 0.107 e. The zero-order valence-corrected chi connectivity index (χ0v) is 15.6. The molecule has 1 aromatic rings. The van der Waals surface area contributed by atoms with Crippen LogP contribution in [0.2, 0.25) is 0 Å². The van der Waals surface area contributed by atoms with Crippen LogP contribution >= 0.6 is 28.1 Å². The third kappa shape index (κ3) is 5.93. The van der Waals surface area contributed by atoms with E-state index in [4.69, 9.17) is 18.0 Å². The van der Waals surface area contributed by atoms with E-state index in [0.29, 0.717) is 11.0 Å². The van der Waals surface area contributed by atoms with Gasteiger partial charge in [-0.3, -0.25) is 0 Å². The molecule has 0 bridgehead atoms. The minimum atomic E-state index is 0.392. The fraction of sp³-hybridized carbons (Fsp3) is 0.562. The molecule has 0 aliphatic heterocycles. The van der Waals surface area contributed by atoms with Crippen LogP contribution in [0.1, 0.15) is 39.2 Å². The van der Waals surface area contributed by atoms with E-state index in [0.717, 1.165) is 41.8 Å². The highest BCUT2D eigenvalue weighted by Gasteiger charge is 2.11. The summed E-state index contributed by atoms with van der Waals surface area (Å²) in [6, 6.07) is 6.38. The lowest BCUT2D eigenvalue weighted by Crippen LogP contribution is -2.26. The molecule has 3 N–H and O–H groups in total. The van der Waals surface area contributed by atoms with Gasteiger partial charge in [0.05, 0.1) is 0 Å². The Morgan fingerprint density at radius 3 is 2.62 bits per heavy atom. The molecular weight excluding hydrogens is 346 g/mol. The summed E-state index contributed by atoms with van der Waals surface area (Å²) >= 11 is 8.66. The average Bonchev–Trinajstić information content (AvgIpc) is 2.43. The Labute approximate surface area is 142 Å². The fourth-order valence-electron chi connectivity index (χ4n) is 2.39. The van der Waals surface area contributed by atoms with Gasteiger partial charge in [-0.25, -0.2) is 0 Å². The number of hydrogen-bond donors (Lipinski definition) is 2. The maximum absolute atomic E-state index is 5.82. The Bertz CT molecular complexity index is 461. The number of nitrogens with zero attached hydrogens (tertiary/aromatic N) is 1. The van der Waals surface area contributed by atoms with Crippen LogP contribution < -0.4 is 11.1 Å². The molecule has 1 unspecified atom stereocenters. The quantitative estimate of drug-likeness (QED) is 0.643. The zero-order valence-electron chi connectivity index (χ0n) is 13.2. The minimum absolute atomic E-state index is 0.392. The molecule has 1 aromatic carbocycles. The van der Waals surface area contributed by atoms with Crippen LogP contribution in [0.3, 0.4) is 0 Å². The minimum Gasteiger partial charge on any atom is -0.389 e. The molecule has 0 aromatic heterocycles. The monoisotopic (exact) mass is 371 g/mol. The van der Waals surface area contributed by atoms with Gasteiger partial charge in [0.2, 0.25) is 0 Å². The third-order valence-electron chi connectivity index (χ3n) is 3.67. The van der Waals surface area contributed by atoms with Crippen molar-refractivity contribution in [2.45, 2.75) is 39.7 Å². The molecule has 0 aliphatic carbocycles. The summed E-state index contributed by atoms with van der Waals surface area (Å²) in [6.45, 7) is 10.0. The second-order valence-corrected chi connectivity index (χ2v) is 6.54. The standard InChI is InChI=1S/C16H26BrN3S/c1-4-20(5-2)11-7-8-12(3)19-14-10-6-9-13(17)15(14)16(18)21/h6,9-10,12,19H,4-5,7-8,11H2,1-3H3,(H2,18,21). The molecule has 0 amide bonds. The SMILES string of the molecule is CCN(CC)CCCC(C)Nc1cccc(Br)c1C(N)=S. The van der Waals surface area contributed by atoms with Gasteiger partial charge in [-0.1, -0.05) is 32.1 Å². The normalized spacial score (nSPS) is 12.4. The molecule has 0 heterocycles. The first-order chi connectivity index (χ1) is 9.99. The Morgan fingerprint density at radius 2 is 2.05 bits per heavy atom. The smallest absolute Gasteiger partial charge is 0.107 e. The Balaban J connectivity index is 2.57. The molecule has 0 spiro atoms. The summed E-state index contributed by atoms with van der Waals surface area (Å²) in [5, 5.41) is 3.53. The van der Waals surface area contributed by atoms with Gasteiger partial charge in [0.25, 0.3) is 0 Å². The second kappa shape index (κ2) is 9.38. The molecule has 0 saturated heterocycles. The Kier molecular flexibility index (Phi) is 8.22. The zero-order chi connectivity index (χ0) is 15.8. The largest absolute Gasteiger partial charge is 0.389 e. The molecule has 0 aliphatic rings. The van der Waals surface area contributed by atoms with Gasteiger partial charge in [-0.15, -0.1) is 0 Å². The van der Waals surface area contributed by atoms with Crippen LogP contribution in [0.15, 0.2) is 22.7 Å². The number of hydrogen-bond acceptors (Lipinski definition) is 3. The lowest BCUT2D eigenvalue weighted by molar-refractivity contribution is 0.295. The molecule has 0 saturated carbocycles. The first-order valence-electron chi connectivity index (χ1n) is 7.56. The van der Waals surface area contributed by atoms with E-state index < -0.39 is 0 Å². The van der Waals surface area contributed by atoms with Gasteiger partial charge in [0, 0.05) is 21.8 Å². The van der Waals surface area contributed by atoms with E-state index in [2.05, 4.69) is 46.9 Å². The number of benzene rings is 1. The summed E-state index contributed by atoms with van der Waals surface area (Å²) in [5.41, 5.74) is 7.72. The number of nitrogens with two attached hydrogens (primary N) is 1. The van der Waals surface area contributed by atoms with Crippen LogP contribution in [0.4, 0.5) is 5.69 Å². The highest BCUT2D eigenvalue weighted by Crippen LogP contribution is 2.25. The van der Waals surface area contributed by atoms with Crippen molar-refractivity contribution in [1.29, 1.82) is 0 Å². The van der Waals surface area contributed by atoms with Gasteiger partial charge >= 0.3 is 0 Å². The molecule has 1 atom stereocenters.